The largest absolute Gasteiger partial charge is 0.354 e. The third kappa shape index (κ3) is 3.57. The van der Waals surface area contributed by atoms with Gasteiger partial charge in [0, 0.05) is 35.6 Å². The Bertz CT molecular complexity index is 1030. The third-order valence-corrected chi connectivity index (χ3v) is 5.45. The predicted molar refractivity (Wildman–Crippen MR) is 113 cm³/mol. The van der Waals surface area contributed by atoms with Crippen LogP contribution in [0.5, 0.6) is 0 Å². The summed E-state index contributed by atoms with van der Waals surface area (Å²) < 4.78 is 0. The lowest BCUT2D eigenvalue weighted by atomic mass is 10.0. The van der Waals surface area contributed by atoms with Crippen molar-refractivity contribution in [1.29, 1.82) is 0 Å². The van der Waals surface area contributed by atoms with E-state index >= 15 is 0 Å². The molecule has 5 nitrogen and oxygen atoms in total. The molecular weight excluding hydrogens is 348 g/mol. The van der Waals surface area contributed by atoms with Crippen LogP contribution in [0.1, 0.15) is 47.8 Å². The van der Waals surface area contributed by atoms with E-state index in [0.29, 0.717) is 11.2 Å². The number of carbonyl (C=O) groups excluding carboxylic acids is 1. The summed E-state index contributed by atoms with van der Waals surface area (Å²) in [5.74, 6) is 0.0392. The van der Waals surface area contributed by atoms with Gasteiger partial charge in [0.15, 0.2) is 5.65 Å². The standard InChI is InChI=1S/C23H26N4O/c1-15-7-6-9-18(13-15)26-21-19-11-10-16(2)25-22(19)24-14-20(21)23(28)27-12-5-4-8-17(27)3/h6-7,9-11,13-14,17H,4-5,8,12H2,1-3H3,(H,24,25,26). The highest BCUT2D eigenvalue weighted by molar-refractivity contribution is 6.07. The van der Waals surface area contributed by atoms with Gasteiger partial charge < -0.3 is 10.2 Å². The Labute approximate surface area is 165 Å². The van der Waals surface area contributed by atoms with Gasteiger partial charge in [-0.05, 0) is 69.9 Å². The van der Waals surface area contributed by atoms with Gasteiger partial charge in [-0.15, -0.1) is 0 Å². The Morgan fingerprint density at radius 1 is 1.18 bits per heavy atom. The fourth-order valence-corrected chi connectivity index (χ4v) is 3.89. The smallest absolute Gasteiger partial charge is 0.257 e. The normalized spacial score (nSPS) is 17.0. The van der Waals surface area contributed by atoms with Crippen molar-refractivity contribution in [3.8, 4) is 0 Å². The molecule has 1 unspecified atom stereocenters. The first-order chi connectivity index (χ1) is 13.5. The first-order valence-electron chi connectivity index (χ1n) is 9.94. The molecule has 1 saturated heterocycles. The van der Waals surface area contributed by atoms with Crippen LogP contribution < -0.4 is 5.32 Å². The molecule has 2 aromatic heterocycles. The lowest BCUT2D eigenvalue weighted by Crippen LogP contribution is -2.42. The van der Waals surface area contributed by atoms with Crippen molar-refractivity contribution in [2.45, 2.75) is 46.1 Å². The SMILES string of the molecule is Cc1cccc(Nc2c(C(=O)N3CCCCC3C)cnc3nc(C)ccc23)c1. The quantitative estimate of drug-likeness (QED) is 0.700. The van der Waals surface area contributed by atoms with Gasteiger partial charge in [-0.1, -0.05) is 12.1 Å². The zero-order chi connectivity index (χ0) is 19.7. The molecule has 1 atom stereocenters. The zero-order valence-electron chi connectivity index (χ0n) is 16.7. The maximum absolute atomic E-state index is 13.4. The van der Waals surface area contributed by atoms with E-state index in [-0.39, 0.29) is 11.9 Å². The average molecular weight is 374 g/mol. The number of nitrogens with one attached hydrogen (secondary N) is 1. The van der Waals surface area contributed by atoms with E-state index in [0.717, 1.165) is 47.4 Å². The van der Waals surface area contributed by atoms with Crippen molar-refractivity contribution in [2.24, 2.45) is 0 Å². The second-order valence-electron chi connectivity index (χ2n) is 7.71. The van der Waals surface area contributed by atoms with E-state index in [4.69, 9.17) is 0 Å². The van der Waals surface area contributed by atoms with Crippen LogP contribution in [-0.2, 0) is 0 Å². The number of aryl methyl sites for hydroxylation is 2. The van der Waals surface area contributed by atoms with Gasteiger partial charge in [0.25, 0.3) is 5.91 Å². The molecule has 28 heavy (non-hydrogen) atoms. The van der Waals surface area contributed by atoms with E-state index < -0.39 is 0 Å². The molecule has 3 heterocycles. The summed E-state index contributed by atoms with van der Waals surface area (Å²) in [6.07, 6.45) is 4.96. The van der Waals surface area contributed by atoms with Gasteiger partial charge in [-0.2, -0.15) is 0 Å². The molecular formula is C23H26N4O. The Hall–Kier alpha value is -2.95. The molecule has 0 radical (unpaired) electrons. The fourth-order valence-electron chi connectivity index (χ4n) is 3.89. The highest BCUT2D eigenvalue weighted by Crippen LogP contribution is 2.31. The number of carbonyl (C=O) groups is 1. The average Bonchev–Trinajstić information content (AvgIpc) is 2.68. The first-order valence-corrected chi connectivity index (χ1v) is 9.94. The topological polar surface area (TPSA) is 58.1 Å². The number of rotatable bonds is 3. The number of pyridine rings is 2. The highest BCUT2D eigenvalue weighted by Gasteiger charge is 2.27. The summed E-state index contributed by atoms with van der Waals surface area (Å²) in [5, 5.41) is 4.35. The number of fused-ring (bicyclic) bond motifs is 1. The van der Waals surface area contributed by atoms with Gasteiger partial charge in [-0.3, -0.25) is 4.79 Å². The highest BCUT2D eigenvalue weighted by atomic mass is 16.2. The second kappa shape index (κ2) is 7.58. The summed E-state index contributed by atoms with van der Waals surface area (Å²) in [6, 6.07) is 12.4. The van der Waals surface area contributed by atoms with Crippen molar-refractivity contribution in [2.75, 3.05) is 11.9 Å². The van der Waals surface area contributed by atoms with Crippen LogP contribution in [0.4, 0.5) is 11.4 Å². The van der Waals surface area contributed by atoms with Crippen LogP contribution in [0.15, 0.2) is 42.6 Å². The number of anilines is 2. The van der Waals surface area contributed by atoms with E-state index in [1.165, 1.54) is 6.42 Å². The van der Waals surface area contributed by atoms with Gasteiger partial charge in [0.05, 0.1) is 11.3 Å². The number of hydrogen-bond donors (Lipinski definition) is 1. The summed E-state index contributed by atoms with van der Waals surface area (Å²) in [5.41, 5.74) is 5.06. The molecule has 5 heteroatoms. The Kier molecular flexibility index (Phi) is 4.99. The fraction of sp³-hybridized carbons (Fsp3) is 0.348. The van der Waals surface area contributed by atoms with E-state index in [9.17, 15) is 4.79 Å². The Balaban J connectivity index is 1.83. The maximum Gasteiger partial charge on any atom is 0.257 e. The molecule has 144 valence electrons. The number of hydrogen-bond acceptors (Lipinski definition) is 4. The van der Waals surface area contributed by atoms with Gasteiger partial charge in [0.1, 0.15) is 0 Å². The third-order valence-electron chi connectivity index (χ3n) is 5.45. The van der Waals surface area contributed by atoms with Gasteiger partial charge in [0.2, 0.25) is 0 Å². The van der Waals surface area contributed by atoms with Crippen LogP contribution in [0, 0.1) is 13.8 Å². The molecule has 0 bridgehead atoms. The van der Waals surface area contributed by atoms with E-state index in [2.05, 4.69) is 41.3 Å². The van der Waals surface area contributed by atoms with Crippen LogP contribution in [0.2, 0.25) is 0 Å². The Morgan fingerprint density at radius 3 is 2.82 bits per heavy atom. The zero-order valence-corrected chi connectivity index (χ0v) is 16.7. The number of likely N-dealkylation sites (tertiary alicyclic amines) is 1. The van der Waals surface area contributed by atoms with Crippen molar-refractivity contribution >= 4 is 28.3 Å². The van der Waals surface area contributed by atoms with Crippen molar-refractivity contribution in [1.82, 2.24) is 14.9 Å². The Morgan fingerprint density at radius 2 is 2.04 bits per heavy atom. The molecule has 0 saturated carbocycles. The van der Waals surface area contributed by atoms with Gasteiger partial charge in [-0.25, -0.2) is 9.97 Å². The predicted octanol–water partition coefficient (Wildman–Crippen LogP) is 5.00. The first kappa shape index (κ1) is 18.4. The summed E-state index contributed by atoms with van der Waals surface area (Å²) >= 11 is 0. The van der Waals surface area contributed by atoms with E-state index in [1.807, 2.05) is 36.1 Å². The minimum absolute atomic E-state index is 0.0392. The molecule has 0 aliphatic carbocycles. The molecule has 1 amide bonds. The number of amides is 1. The number of nitrogens with zero attached hydrogens (tertiary/aromatic N) is 3. The summed E-state index contributed by atoms with van der Waals surface area (Å²) in [4.78, 5) is 24.5. The molecule has 4 rings (SSSR count). The second-order valence-corrected chi connectivity index (χ2v) is 7.71. The molecule has 1 aliphatic heterocycles. The minimum atomic E-state index is 0.0392. The van der Waals surface area contributed by atoms with Crippen LogP contribution in [0.3, 0.4) is 0 Å². The van der Waals surface area contributed by atoms with E-state index in [1.54, 1.807) is 6.20 Å². The van der Waals surface area contributed by atoms with Gasteiger partial charge >= 0.3 is 0 Å². The number of aromatic nitrogens is 2. The minimum Gasteiger partial charge on any atom is -0.354 e. The molecule has 1 aliphatic rings. The monoisotopic (exact) mass is 374 g/mol. The van der Waals surface area contributed by atoms with Crippen molar-refractivity contribution in [3.05, 3.63) is 59.4 Å². The molecule has 1 aromatic carbocycles. The molecule has 3 aromatic rings. The van der Waals surface area contributed by atoms with Crippen molar-refractivity contribution in [3.63, 3.8) is 0 Å². The lowest BCUT2D eigenvalue weighted by Gasteiger charge is -2.34. The number of benzene rings is 1. The van der Waals surface area contributed by atoms with Crippen molar-refractivity contribution < 1.29 is 4.79 Å². The molecule has 1 N–H and O–H groups in total. The molecule has 0 spiro atoms. The lowest BCUT2D eigenvalue weighted by molar-refractivity contribution is 0.0636. The van der Waals surface area contributed by atoms with Crippen LogP contribution >= 0.6 is 0 Å². The van der Waals surface area contributed by atoms with Crippen LogP contribution in [-0.4, -0.2) is 33.4 Å². The summed E-state index contributed by atoms with van der Waals surface area (Å²) in [7, 11) is 0. The molecule has 1 fully saturated rings. The summed E-state index contributed by atoms with van der Waals surface area (Å²) in [6.45, 7) is 6.93. The number of piperidine rings is 1. The van der Waals surface area contributed by atoms with Crippen LogP contribution in [0.25, 0.3) is 11.0 Å². The maximum atomic E-state index is 13.4.